The lowest BCUT2D eigenvalue weighted by atomic mass is 9.81. The Morgan fingerprint density at radius 2 is 1.07 bits per heavy atom. The summed E-state index contributed by atoms with van der Waals surface area (Å²) in [5.41, 5.74) is 2.13. The third kappa shape index (κ3) is 18.6. The SMILES string of the molecule is C=C1CC2CCC(=O)/C=C/C(O[Si](C)(C)C(C)(C)C)[C@@H]3O[C@H]4CCC(CC(=O)CC5[C@@H](OC)C(C[C@@H](CO[Si](C)(C)C(C)(C)C)O[Si](C)(C)C(C)(C)C)O[C@H]5CC5O[C@@H](CCC1O2)C[C@@H](C)C5=C)O[C@@H]4C(O[Si](C)(C)C(C)(C)C)C3O[Si](C)(C)C(C)(C)C. The van der Waals surface area contributed by atoms with Gasteiger partial charge in [0.25, 0.3) is 0 Å². The molecule has 88 heavy (non-hydrogen) atoms. The monoisotopic (exact) mass is 1320 g/mol. The summed E-state index contributed by atoms with van der Waals surface area (Å²) in [5, 5.41) is -0.482. The molecule has 508 valence electrons. The van der Waals surface area contributed by atoms with Gasteiger partial charge in [0.1, 0.15) is 30.2 Å². The molecule has 8 rings (SSSR count). The molecule has 0 radical (unpaired) electrons. The lowest BCUT2D eigenvalue weighted by Gasteiger charge is -2.56. The maximum Gasteiger partial charge on any atom is 0.193 e. The van der Waals surface area contributed by atoms with Crippen LogP contribution in [-0.2, 0) is 60.1 Å². The van der Waals surface area contributed by atoms with Gasteiger partial charge in [-0.1, -0.05) is 130 Å². The largest absolute Gasteiger partial charge is 0.414 e. The van der Waals surface area contributed by atoms with E-state index in [0.29, 0.717) is 45.1 Å². The molecule has 0 aromatic rings. The Bertz CT molecular complexity index is 2410. The average Bonchev–Trinajstić information content (AvgIpc) is 0.954. The summed E-state index contributed by atoms with van der Waals surface area (Å²) in [7, 11) is -10.4. The fraction of sp³-hybridized carbons (Fsp3) is 0.886. The zero-order chi connectivity index (χ0) is 66.5. The first-order valence-corrected chi connectivity index (χ1v) is 48.8. The summed E-state index contributed by atoms with van der Waals surface area (Å²) in [6.45, 7) is 68.9. The van der Waals surface area contributed by atoms with Crippen LogP contribution in [0.1, 0.15) is 188 Å². The molecule has 13 nitrogen and oxygen atoms in total. The second-order valence-electron chi connectivity index (χ2n) is 35.5. The number of hydrogen-bond donors (Lipinski definition) is 0. The minimum atomic E-state index is -2.60. The number of methoxy groups -OCH3 is 1. The van der Waals surface area contributed by atoms with Gasteiger partial charge in [0.05, 0.1) is 73.8 Å². The first-order valence-electron chi connectivity index (χ1n) is 34.2. The first kappa shape index (κ1) is 76.2. The Balaban J connectivity index is 1.45. The lowest BCUT2D eigenvalue weighted by molar-refractivity contribution is -0.266. The highest BCUT2D eigenvalue weighted by molar-refractivity contribution is 6.76. The van der Waals surface area contributed by atoms with Gasteiger partial charge in [-0.2, -0.15) is 0 Å². The topological polar surface area (TPSA) is 136 Å². The number of rotatable bonds is 14. The molecule has 18 heteroatoms. The van der Waals surface area contributed by atoms with Crippen LogP contribution in [0.5, 0.6) is 0 Å². The van der Waals surface area contributed by atoms with Crippen molar-refractivity contribution in [1.82, 2.24) is 0 Å². The van der Waals surface area contributed by atoms with Crippen LogP contribution in [0.3, 0.4) is 0 Å². The minimum absolute atomic E-state index is 0.0171. The number of Topliss-reactive ketones (excluding diaryl/α,β-unsaturated/α-hetero) is 1. The summed E-state index contributed by atoms with van der Waals surface area (Å²) in [6, 6.07) is 0. The zero-order valence-corrected chi connectivity index (χ0v) is 65.9. The van der Waals surface area contributed by atoms with Crippen LogP contribution in [0.2, 0.25) is 90.7 Å². The number of carbonyl (C=O) groups excluding carboxylic acids is 2. The van der Waals surface area contributed by atoms with E-state index in [1.807, 2.05) is 6.08 Å². The third-order valence-corrected chi connectivity index (χ3v) is 46.0. The zero-order valence-electron chi connectivity index (χ0n) is 60.9. The van der Waals surface area contributed by atoms with Gasteiger partial charge >= 0.3 is 0 Å². The van der Waals surface area contributed by atoms with Gasteiger partial charge in [0.15, 0.2) is 47.4 Å². The van der Waals surface area contributed by atoms with Gasteiger partial charge < -0.3 is 50.6 Å². The van der Waals surface area contributed by atoms with Gasteiger partial charge in [0.2, 0.25) is 0 Å². The molecule has 5 saturated heterocycles. The van der Waals surface area contributed by atoms with Crippen molar-refractivity contribution >= 4 is 53.2 Å². The molecule has 8 bridgehead atoms. The van der Waals surface area contributed by atoms with E-state index in [0.717, 1.165) is 36.8 Å². The summed E-state index contributed by atoms with van der Waals surface area (Å²) in [5.74, 6) is 0.0629. The molecular formula is C70H130O13Si5. The molecule has 8 aliphatic rings. The number of ether oxygens (including phenoxy) is 6. The summed E-state index contributed by atoms with van der Waals surface area (Å²) < 4.78 is 80.3. The Labute approximate surface area is 542 Å². The highest BCUT2D eigenvalue weighted by Gasteiger charge is 2.59. The maximum atomic E-state index is 15.4. The highest BCUT2D eigenvalue weighted by Crippen LogP contribution is 2.50. The molecule has 17 atom stereocenters. The molecule has 9 unspecified atom stereocenters. The van der Waals surface area contributed by atoms with E-state index in [4.69, 9.17) is 50.6 Å². The molecule has 0 amide bonds. The van der Waals surface area contributed by atoms with Gasteiger partial charge in [0, 0.05) is 45.1 Å². The van der Waals surface area contributed by atoms with Gasteiger partial charge in [-0.3, -0.25) is 9.59 Å². The predicted octanol–water partition coefficient (Wildman–Crippen LogP) is 17.2. The molecular weight excluding hydrogens is 1190 g/mol. The fourth-order valence-electron chi connectivity index (χ4n) is 12.4. The van der Waals surface area contributed by atoms with Crippen LogP contribution in [0, 0.1) is 11.8 Å². The van der Waals surface area contributed by atoms with Crippen LogP contribution in [0.4, 0.5) is 0 Å². The Morgan fingerprint density at radius 3 is 1.62 bits per heavy atom. The summed E-state index contributed by atoms with van der Waals surface area (Å²) >= 11 is 0. The lowest BCUT2D eigenvalue weighted by Crippen LogP contribution is -2.69. The molecule has 8 heterocycles. The number of carbonyl (C=O) groups is 2. The molecule has 0 aliphatic carbocycles. The minimum Gasteiger partial charge on any atom is -0.414 e. The van der Waals surface area contributed by atoms with Crippen molar-refractivity contribution in [2.24, 2.45) is 11.8 Å². The van der Waals surface area contributed by atoms with Gasteiger partial charge in [-0.15, -0.1) is 0 Å². The number of allylic oxidation sites excluding steroid dienone is 1. The molecule has 0 saturated carbocycles. The Hall–Kier alpha value is -0.796. The third-order valence-electron chi connectivity index (χ3n) is 23.5. The number of hydrogen-bond acceptors (Lipinski definition) is 13. The van der Waals surface area contributed by atoms with Crippen molar-refractivity contribution in [3.8, 4) is 0 Å². The standard InChI is InChI=1S/C70H130O13Si5/c1-45-38-51-33-36-55-46(2)39-50(75-55)32-30-48(71)31-35-57(81-86(24,25)68(10,11)12)63-65(83-88(28,29)70(16,17)18)64(82-87(26,27)69(13,14)15)62-56(79-63)37-34-52(77-62)40-49(72)41-54-59(43-58(76-51)47(45)3)78-60(61(54)73-19)42-53(80-85(22,23)67(7,8)9)44-74-84(20,21)66(4,5)6/h31,35,45,50-65H,2-3,30,32-34,36-44H2,1,4-29H3/b35-31+/t45-,50?,51+,52?,53+,54?,55?,56+,57?,58?,59+,60?,61-,62+,63+,64?,65?/m1/s1. The predicted molar refractivity (Wildman–Crippen MR) is 371 cm³/mol. The van der Waals surface area contributed by atoms with Crippen molar-refractivity contribution in [1.29, 1.82) is 0 Å². The molecule has 0 aromatic carbocycles. The molecule has 0 N–H and O–H groups in total. The van der Waals surface area contributed by atoms with E-state index in [1.54, 1.807) is 13.2 Å². The van der Waals surface area contributed by atoms with Crippen LogP contribution in [0.25, 0.3) is 0 Å². The average molecular weight is 1320 g/mol. The van der Waals surface area contributed by atoms with E-state index >= 15 is 4.79 Å². The van der Waals surface area contributed by atoms with E-state index in [2.05, 4.69) is 189 Å². The van der Waals surface area contributed by atoms with Crippen LogP contribution in [0.15, 0.2) is 36.5 Å². The van der Waals surface area contributed by atoms with E-state index in [-0.39, 0.29) is 110 Å². The van der Waals surface area contributed by atoms with Crippen molar-refractivity contribution in [2.75, 3.05) is 13.7 Å². The second kappa shape index (κ2) is 28.5. The van der Waals surface area contributed by atoms with Gasteiger partial charge in [-0.05, 0) is 159 Å². The van der Waals surface area contributed by atoms with Crippen molar-refractivity contribution < 1.29 is 60.1 Å². The van der Waals surface area contributed by atoms with E-state index in [1.165, 1.54) is 0 Å². The maximum absolute atomic E-state index is 15.4. The van der Waals surface area contributed by atoms with Crippen LogP contribution in [-0.4, -0.2) is 158 Å². The smallest absolute Gasteiger partial charge is 0.193 e. The molecule has 8 aliphatic heterocycles. The number of fused-ring (bicyclic) bond motifs is 2. The summed E-state index contributed by atoms with van der Waals surface area (Å²) in [4.78, 5) is 29.7. The Kier molecular flexibility index (Phi) is 24.7. The highest BCUT2D eigenvalue weighted by atomic mass is 28.4. The van der Waals surface area contributed by atoms with Crippen LogP contribution >= 0.6 is 0 Å². The van der Waals surface area contributed by atoms with Crippen molar-refractivity contribution in [2.45, 2.75) is 370 Å². The normalized spacial score (nSPS) is 34.5. The van der Waals surface area contributed by atoms with E-state index in [9.17, 15) is 4.79 Å². The molecule has 0 spiro atoms. The van der Waals surface area contributed by atoms with Crippen LogP contribution < -0.4 is 0 Å². The molecule has 5 fully saturated rings. The number of ketones is 2. The molecule has 0 aromatic heterocycles. The first-order chi connectivity index (χ1) is 40.0. The Morgan fingerprint density at radius 1 is 0.545 bits per heavy atom. The van der Waals surface area contributed by atoms with Gasteiger partial charge in [-0.25, -0.2) is 0 Å². The van der Waals surface area contributed by atoms with E-state index < -0.39 is 84.3 Å². The quantitative estimate of drug-likeness (QED) is 0.121. The second-order valence-corrected chi connectivity index (χ2v) is 59.4. The summed E-state index contributed by atoms with van der Waals surface area (Å²) in [6.07, 6.45) is 4.93. The fourth-order valence-corrected chi connectivity index (χ4v) is 18.7. The van der Waals surface area contributed by atoms with Crippen molar-refractivity contribution in [3.63, 3.8) is 0 Å². The van der Waals surface area contributed by atoms with Crippen molar-refractivity contribution in [3.05, 3.63) is 36.5 Å².